The van der Waals surface area contributed by atoms with Gasteiger partial charge in [-0.15, -0.1) is 0 Å². The third kappa shape index (κ3) is 0.729. The Morgan fingerprint density at radius 3 is 1.47 bits per heavy atom. The van der Waals surface area contributed by atoms with Gasteiger partial charge in [0.25, 0.3) is 0 Å². The number of halogens is 4. The molecule has 1 spiro atoms. The third-order valence-corrected chi connectivity index (χ3v) is 73.7. The summed E-state index contributed by atoms with van der Waals surface area (Å²) in [6, 6.07) is 31.3. The molecule has 4 unspecified atom stereocenters. The molecule has 8 heteroatoms. The molecule has 4 aromatic rings. The van der Waals surface area contributed by atoms with Crippen molar-refractivity contribution in [1.29, 1.82) is 0 Å². The van der Waals surface area contributed by atoms with Crippen molar-refractivity contribution in [3.63, 3.8) is 0 Å². The van der Waals surface area contributed by atoms with Crippen molar-refractivity contribution in [3.05, 3.63) is 120 Å². The summed E-state index contributed by atoms with van der Waals surface area (Å²) in [6.45, 7) is -1.68. The molecule has 10 aliphatic heterocycles. The second-order valence-corrected chi connectivity index (χ2v) is 45.9. The molecular formula is C37H31F4FeNP2. The predicted molar refractivity (Wildman–Crippen MR) is 171 cm³/mol. The van der Waals surface area contributed by atoms with Crippen molar-refractivity contribution in [2.24, 2.45) is 0 Å². The monoisotopic (exact) mass is 683 g/mol. The van der Waals surface area contributed by atoms with Crippen LogP contribution in [0.15, 0.2) is 97.1 Å². The molecule has 1 nitrogen and oxygen atoms in total. The Balaban J connectivity index is 1.01. The van der Waals surface area contributed by atoms with Crippen molar-refractivity contribution in [2.75, 3.05) is 7.05 Å². The number of rotatable bonds is 8. The Labute approximate surface area is 252 Å². The average molecular weight is 683 g/mol. The summed E-state index contributed by atoms with van der Waals surface area (Å²) >= 11 is 0. The SMILES string of the molecule is C[C@@H](N(C)P(c1ccc(F)c(F)c1)c1ccc(F)c(F)c1)[C@@]12[CH]3[CH]4[CH]5[C]1(P(c1ccccc1)c1ccccc1)[Fe]45321678[CH]2[CH]1[CH]6[CH]7[CH]28. The van der Waals surface area contributed by atoms with Gasteiger partial charge in [0.05, 0.1) is 0 Å². The summed E-state index contributed by atoms with van der Waals surface area (Å²) in [4.78, 5) is 8.29. The molecule has 6 atom stereocenters. The second kappa shape index (κ2) is 4.10. The van der Waals surface area contributed by atoms with Gasteiger partial charge in [-0.05, 0) is 0 Å². The summed E-state index contributed by atoms with van der Waals surface area (Å²) < 4.78 is 61.4. The van der Waals surface area contributed by atoms with E-state index >= 15 is 0 Å². The van der Waals surface area contributed by atoms with Crippen molar-refractivity contribution < 1.29 is 24.1 Å². The van der Waals surface area contributed by atoms with Crippen LogP contribution in [0.2, 0.25) is 42.8 Å². The normalized spacial score (nSPS) is 55.0. The van der Waals surface area contributed by atoms with Gasteiger partial charge in [0.15, 0.2) is 0 Å². The average Bonchev–Trinajstić information content (AvgIpc) is 4.00. The second-order valence-electron chi connectivity index (χ2n) is 17.5. The standard InChI is InChI=1S/C32H26F4NP2.C5H5.Fe/c1-22(27-14-9-15-32(27)38(23-10-5-3-6-11-23)24-12-7-4-8-13-24)37(2)39(25-16-18-28(33)30(35)20-25)26-17-19-29(34)31(36)21-26;1-2-4-5-3-1;/h3-22H,1-2H3;1-5H;/t22-;;/m1../s1. The molecule has 10 fully saturated rings. The molecule has 0 aliphatic carbocycles. The van der Waals surface area contributed by atoms with Gasteiger partial charge >= 0.3 is 253 Å². The van der Waals surface area contributed by atoms with Crippen LogP contribution in [-0.4, -0.2) is 21.8 Å². The number of hydrogen-bond donors (Lipinski definition) is 0. The molecule has 10 heterocycles. The summed E-state index contributed by atoms with van der Waals surface area (Å²) in [6.07, 6.45) is 0. The maximum absolute atomic E-state index is 14.8. The van der Waals surface area contributed by atoms with Crippen LogP contribution < -0.4 is 21.2 Å². The van der Waals surface area contributed by atoms with Gasteiger partial charge in [0.1, 0.15) is 0 Å². The first-order valence-corrected chi connectivity index (χ1v) is 24.9. The quantitative estimate of drug-likeness (QED) is 0.102. The molecule has 10 aliphatic rings. The number of benzene rings is 4. The predicted octanol–water partition coefficient (Wildman–Crippen LogP) is 8.71. The Kier molecular flexibility index (Phi) is 2.20. The van der Waals surface area contributed by atoms with E-state index < -0.39 is 45.8 Å². The van der Waals surface area contributed by atoms with Crippen molar-refractivity contribution >= 4 is 37.2 Å². The van der Waals surface area contributed by atoms with E-state index in [-0.39, 0.29) is 6.04 Å². The minimum absolute atomic E-state index is 0.242. The molecule has 45 heavy (non-hydrogen) atoms. The van der Waals surface area contributed by atoms with Gasteiger partial charge in [-0.2, -0.15) is 0 Å². The van der Waals surface area contributed by atoms with E-state index in [1.165, 1.54) is 34.9 Å². The van der Waals surface area contributed by atoms with Crippen molar-refractivity contribution in [2.45, 2.75) is 59.9 Å². The van der Waals surface area contributed by atoms with Crippen molar-refractivity contribution in [1.82, 2.24) is 4.67 Å². The Hall–Kier alpha value is -2.06. The molecule has 0 aromatic heterocycles. The maximum atomic E-state index is 14.8. The van der Waals surface area contributed by atoms with Crippen LogP contribution in [0.1, 0.15) is 6.92 Å². The van der Waals surface area contributed by atoms with Crippen LogP contribution in [0.5, 0.6) is 0 Å². The fourth-order valence-corrected chi connectivity index (χ4v) is 117. The van der Waals surface area contributed by atoms with E-state index in [4.69, 9.17) is 0 Å². The van der Waals surface area contributed by atoms with E-state index in [1.54, 1.807) is 12.1 Å². The summed E-state index contributed by atoms with van der Waals surface area (Å²) in [5, 5.41) is 4.37. The summed E-state index contributed by atoms with van der Waals surface area (Å²) in [7, 11) is 0.174. The first kappa shape index (κ1) is 24.1. The van der Waals surface area contributed by atoms with Crippen LogP contribution in [0.25, 0.3) is 0 Å². The Bertz CT molecular complexity index is 2390. The number of hydrogen-bond acceptors (Lipinski definition) is 1. The first-order valence-electron chi connectivity index (χ1n) is 16.1. The van der Waals surface area contributed by atoms with Crippen molar-refractivity contribution in [3.8, 4) is 0 Å². The fourth-order valence-electron chi connectivity index (χ4n) is 22.3. The third-order valence-electron chi connectivity index (χ3n) is 21.0. The molecule has 230 valence electrons. The van der Waals surface area contributed by atoms with Crippen LogP contribution in [0.3, 0.4) is 0 Å². The van der Waals surface area contributed by atoms with Gasteiger partial charge in [-0.25, -0.2) is 0 Å². The zero-order valence-electron chi connectivity index (χ0n) is 24.6. The molecule has 0 radical (unpaired) electrons. The fraction of sp³-hybridized carbons (Fsp3) is 0.351. The summed E-state index contributed by atoms with van der Waals surface area (Å²) in [5.41, 5.74) is 0. The van der Waals surface area contributed by atoms with E-state index in [0.717, 1.165) is 38.5 Å². The van der Waals surface area contributed by atoms with Gasteiger partial charge < -0.3 is 0 Å². The van der Waals surface area contributed by atoms with E-state index in [2.05, 4.69) is 79.3 Å². The number of nitrogens with zero attached hydrogens (tertiary/aromatic N) is 1. The van der Waals surface area contributed by atoms with Crippen LogP contribution in [0, 0.1) is 23.3 Å². The summed E-state index contributed by atoms with van der Waals surface area (Å²) in [5.74, 6) is -3.56. The van der Waals surface area contributed by atoms with E-state index in [9.17, 15) is 17.6 Å². The van der Waals surface area contributed by atoms with Crippen LogP contribution >= 0.6 is 16.0 Å². The zero-order chi connectivity index (χ0) is 30.2. The molecule has 0 bridgehead atoms. The molecule has 0 amide bonds. The molecule has 14 rings (SSSR count). The minimum atomic E-state index is -4.14. The zero-order valence-corrected chi connectivity index (χ0v) is 27.5. The molecular weight excluding hydrogens is 652 g/mol. The molecule has 0 saturated carbocycles. The Morgan fingerprint density at radius 1 is 0.600 bits per heavy atom. The topological polar surface area (TPSA) is 3.24 Å². The molecule has 0 N–H and O–H groups in total. The van der Waals surface area contributed by atoms with Crippen LogP contribution in [0.4, 0.5) is 17.6 Å². The first-order chi connectivity index (χ1) is 21.5. The van der Waals surface area contributed by atoms with Crippen LogP contribution in [-0.2, 0) is 6.51 Å². The van der Waals surface area contributed by atoms with Gasteiger partial charge in [0, 0.05) is 0 Å². The number of fused-ring (bicyclic) bond motifs is 10. The van der Waals surface area contributed by atoms with Gasteiger partial charge in [0.2, 0.25) is 0 Å². The van der Waals surface area contributed by atoms with Gasteiger partial charge in [-0.1, -0.05) is 0 Å². The van der Waals surface area contributed by atoms with E-state index in [0.29, 0.717) is 19.0 Å². The molecule has 4 aromatic carbocycles. The molecule has 10 saturated heterocycles. The van der Waals surface area contributed by atoms with E-state index in [1.807, 2.05) is 0 Å². The van der Waals surface area contributed by atoms with Gasteiger partial charge in [-0.3, -0.25) is 0 Å². The Morgan fingerprint density at radius 2 is 1.07 bits per heavy atom.